The van der Waals surface area contributed by atoms with Crippen molar-refractivity contribution in [3.05, 3.63) is 89.7 Å². The fraction of sp³-hybridized carbons (Fsp3) is 0.269. The molecule has 0 bridgehead atoms. The third kappa shape index (κ3) is 7.26. The van der Waals surface area contributed by atoms with Gasteiger partial charge in [-0.1, -0.05) is 30.3 Å². The number of hydrogen-bond donors (Lipinski definition) is 4. The Kier molecular flexibility index (Phi) is 8.63. The molecule has 0 aliphatic carbocycles. The van der Waals surface area contributed by atoms with Gasteiger partial charge in [-0.3, -0.25) is 5.41 Å². The van der Waals surface area contributed by atoms with Crippen molar-refractivity contribution in [2.75, 3.05) is 44.8 Å². The van der Waals surface area contributed by atoms with Crippen LogP contribution in [0, 0.1) is 5.41 Å². The van der Waals surface area contributed by atoms with Crippen molar-refractivity contribution in [2.45, 2.75) is 6.61 Å². The number of hydrogen-bond acceptors (Lipinski definition) is 4. The molecule has 35 heavy (non-hydrogen) atoms. The standard InChI is InChI=1S/C26H30N6O3/c27-24(31-25(23-7-4-12-28-23)32-14-17-34-18-15-32)21-8-10-22(11-9-21)30-26(33)29-13-16-35-19-20-5-2-1-3-6-20/h1-12,27-28H,13-19H2,(H2,29,30,33)/b27-24?,31-25+. The molecule has 0 atom stereocenters. The molecule has 0 saturated carbocycles. The number of H-pyrrole nitrogens is 1. The summed E-state index contributed by atoms with van der Waals surface area (Å²) in [6, 6.07) is 20.5. The monoisotopic (exact) mass is 474 g/mol. The number of carbonyl (C=O) groups excluding carboxylic acids is 1. The van der Waals surface area contributed by atoms with E-state index in [0.717, 1.165) is 30.2 Å². The second kappa shape index (κ2) is 12.5. The predicted molar refractivity (Wildman–Crippen MR) is 136 cm³/mol. The average Bonchev–Trinajstić information content (AvgIpc) is 3.43. The summed E-state index contributed by atoms with van der Waals surface area (Å²) in [6.45, 7) is 4.04. The first-order chi connectivity index (χ1) is 17.2. The molecule has 4 N–H and O–H groups in total. The number of urea groups is 1. The van der Waals surface area contributed by atoms with E-state index in [-0.39, 0.29) is 11.9 Å². The maximum absolute atomic E-state index is 12.2. The van der Waals surface area contributed by atoms with Gasteiger partial charge in [0.2, 0.25) is 0 Å². The van der Waals surface area contributed by atoms with Gasteiger partial charge in [-0.15, -0.1) is 0 Å². The number of ether oxygens (including phenoxy) is 2. The van der Waals surface area contributed by atoms with Crippen molar-refractivity contribution < 1.29 is 14.3 Å². The Labute approximate surface area is 204 Å². The largest absolute Gasteiger partial charge is 0.378 e. The van der Waals surface area contributed by atoms with Crippen molar-refractivity contribution in [3.63, 3.8) is 0 Å². The molecular weight excluding hydrogens is 444 g/mol. The van der Waals surface area contributed by atoms with E-state index in [4.69, 9.17) is 14.9 Å². The summed E-state index contributed by atoms with van der Waals surface area (Å²) in [5.41, 5.74) is 3.24. The summed E-state index contributed by atoms with van der Waals surface area (Å²) < 4.78 is 11.0. The highest BCUT2D eigenvalue weighted by Crippen LogP contribution is 2.13. The number of benzene rings is 2. The first-order valence-corrected chi connectivity index (χ1v) is 11.6. The molecule has 0 spiro atoms. The highest BCUT2D eigenvalue weighted by atomic mass is 16.5. The first kappa shape index (κ1) is 24.2. The van der Waals surface area contributed by atoms with Gasteiger partial charge in [0, 0.05) is 37.1 Å². The molecule has 2 amide bonds. The molecule has 1 aliphatic heterocycles. The van der Waals surface area contributed by atoms with Crippen LogP contribution >= 0.6 is 0 Å². The second-order valence-corrected chi connectivity index (χ2v) is 7.96. The fourth-order valence-corrected chi connectivity index (χ4v) is 3.60. The number of aliphatic imine (C=N–C) groups is 1. The molecular formula is C26H30N6O3. The number of aromatic nitrogens is 1. The Morgan fingerprint density at radius 2 is 1.83 bits per heavy atom. The number of nitrogens with zero attached hydrogens (tertiary/aromatic N) is 2. The van der Waals surface area contributed by atoms with E-state index in [0.29, 0.717) is 44.2 Å². The van der Waals surface area contributed by atoms with Crippen molar-refractivity contribution in [2.24, 2.45) is 4.99 Å². The third-order valence-corrected chi connectivity index (χ3v) is 5.43. The summed E-state index contributed by atoms with van der Waals surface area (Å²) in [5.74, 6) is 0.868. The molecule has 2 aromatic carbocycles. The topological polar surface area (TPSA) is 115 Å². The number of amidine groups is 2. The van der Waals surface area contributed by atoms with Crippen LogP contribution in [-0.4, -0.2) is 67.0 Å². The van der Waals surface area contributed by atoms with Gasteiger partial charge in [-0.2, -0.15) is 0 Å². The zero-order chi connectivity index (χ0) is 24.3. The molecule has 2 heterocycles. The lowest BCUT2D eigenvalue weighted by Crippen LogP contribution is -2.41. The maximum Gasteiger partial charge on any atom is 0.319 e. The quantitative estimate of drug-likeness (QED) is 0.227. The molecule has 0 unspecified atom stereocenters. The van der Waals surface area contributed by atoms with Crippen molar-refractivity contribution in [1.82, 2.24) is 15.2 Å². The summed E-state index contributed by atoms with van der Waals surface area (Å²) in [7, 11) is 0. The molecule has 182 valence electrons. The SMILES string of the molecule is N=C(/N=C(\c1ccc[nH]1)N1CCOCC1)c1ccc(NC(=O)NCCOCc2ccccc2)cc1. The lowest BCUT2D eigenvalue weighted by Gasteiger charge is -2.29. The van der Waals surface area contributed by atoms with Crippen LogP contribution in [0.3, 0.4) is 0 Å². The number of carbonyl (C=O) groups is 1. The van der Waals surface area contributed by atoms with Gasteiger partial charge in [0.15, 0.2) is 11.7 Å². The number of aromatic amines is 1. The van der Waals surface area contributed by atoms with Gasteiger partial charge < -0.3 is 30.0 Å². The number of amides is 2. The van der Waals surface area contributed by atoms with Crippen LogP contribution in [0.15, 0.2) is 77.9 Å². The number of rotatable bonds is 8. The van der Waals surface area contributed by atoms with Crippen LogP contribution in [0.2, 0.25) is 0 Å². The molecule has 3 aromatic rings. The molecule has 9 nitrogen and oxygen atoms in total. The minimum absolute atomic E-state index is 0.146. The molecule has 1 aliphatic rings. The van der Waals surface area contributed by atoms with E-state index in [1.54, 1.807) is 24.3 Å². The summed E-state index contributed by atoms with van der Waals surface area (Å²) >= 11 is 0. The minimum Gasteiger partial charge on any atom is -0.378 e. The Morgan fingerprint density at radius 1 is 1.06 bits per heavy atom. The molecule has 1 fully saturated rings. The summed E-state index contributed by atoms with van der Waals surface area (Å²) in [6.07, 6.45) is 1.84. The molecule has 1 aromatic heterocycles. The van der Waals surface area contributed by atoms with E-state index >= 15 is 0 Å². The van der Waals surface area contributed by atoms with Crippen LogP contribution in [0.4, 0.5) is 10.5 Å². The zero-order valence-corrected chi connectivity index (χ0v) is 19.5. The molecule has 9 heteroatoms. The van der Waals surface area contributed by atoms with Crippen LogP contribution < -0.4 is 10.6 Å². The Bertz CT molecular complexity index is 1110. The van der Waals surface area contributed by atoms with Crippen LogP contribution in [-0.2, 0) is 16.1 Å². The fourth-order valence-electron chi connectivity index (χ4n) is 3.60. The highest BCUT2D eigenvalue weighted by Gasteiger charge is 2.18. The van der Waals surface area contributed by atoms with Crippen molar-refractivity contribution in [3.8, 4) is 0 Å². The number of nitrogens with one attached hydrogen (secondary N) is 4. The van der Waals surface area contributed by atoms with Crippen LogP contribution in [0.5, 0.6) is 0 Å². The second-order valence-electron chi connectivity index (χ2n) is 7.96. The van der Waals surface area contributed by atoms with Gasteiger partial charge in [0.05, 0.1) is 32.1 Å². The minimum atomic E-state index is -0.310. The van der Waals surface area contributed by atoms with Gasteiger partial charge in [0.25, 0.3) is 0 Å². The van der Waals surface area contributed by atoms with Crippen molar-refractivity contribution >= 4 is 23.4 Å². The third-order valence-electron chi connectivity index (χ3n) is 5.43. The van der Waals surface area contributed by atoms with Gasteiger partial charge in [-0.25, -0.2) is 9.79 Å². The number of morpholine rings is 1. The summed E-state index contributed by atoms with van der Waals surface area (Å²) in [5, 5.41) is 14.1. The van der Waals surface area contributed by atoms with Gasteiger partial charge >= 0.3 is 6.03 Å². The predicted octanol–water partition coefficient (Wildman–Crippen LogP) is 3.46. The zero-order valence-electron chi connectivity index (χ0n) is 19.5. The maximum atomic E-state index is 12.2. The molecule has 1 saturated heterocycles. The van der Waals surface area contributed by atoms with E-state index in [9.17, 15) is 4.79 Å². The molecule has 4 rings (SSSR count). The first-order valence-electron chi connectivity index (χ1n) is 11.6. The number of anilines is 1. The van der Waals surface area contributed by atoms with Crippen molar-refractivity contribution in [1.29, 1.82) is 5.41 Å². The van der Waals surface area contributed by atoms with Gasteiger partial charge in [-0.05, 0) is 42.0 Å². The Balaban J connectivity index is 1.27. The normalized spacial score (nSPS) is 13.9. The van der Waals surface area contributed by atoms with Crippen LogP contribution in [0.25, 0.3) is 0 Å². The average molecular weight is 475 g/mol. The van der Waals surface area contributed by atoms with E-state index in [2.05, 4.69) is 25.5 Å². The smallest absolute Gasteiger partial charge is 0.319 e. The highest BCUT2D eigenvalue weighted by molar-refractivity contribution is 6.09. The Hall–Kier alpha value is -3.95. The lowest BCUT2D eigenvalue weighted by molar-refractivity contribution is 0.0682. The van der Waals surface area contributed by atoms with E-state index in [1.807, 2.05) is 48.7 Å². The van der Waals surface area contributed by atoms with E-state index in [1.165, 1.54) is 0 Å². The summed E-state index contributed by atoms with van der Waals surface area (Å²) in [4.78, 5) is 22.1. The Morgan fingerprint density at radius 3 is 2.54 bits per heavy atom. The van der Waals surface area contributed by atoms with Crippen LogP contribution in [0.1, 0.15) is 16.8 Å². The van der Waals surface area contributed by atoms with E-state index < -0.39 is 0 Å². The van der Waals surface area contributed by atoms with Gasteiger partial charge in [0.1, 0.15) is 0 Å². The molecule has 0 radical (unpaired) electrons. The lowest BCUT2D eigenvalue weighted by atomic mass is 10.2.